The molecule has 0 aliphatic rings. The van der Waals surface area contributed by atoms with Gasteiger partial charge in [-0.1, -0.05) is 35.3 Å². The summed E-state index contributed by atoms with van der Waals surface area (Å²) in [6, 6.07) is 12.6. The van der Waals surface area contributed by atoms with Gasteiger partial charge in [0.1, 0.15) is 12.4 Å². The molecule has 174 valence electrons. The molecule has 0 saturated carbocycles. The van der Waals surface area contributed by atoms with Crippen LogP contribution >= 0.6 is 34.5 Å². The molecule has 0 aliphatic heterocycles. The van der Waals surface area contributed by atoms with Crippen molar-refractivity contribution in [1.82, 2.24) is 9.80 Å². The quantitative estimate of drug-likeness (QED) is 0.346. The maximum absolute atomic E-state index is 13.4. The number of carbonyl (C=O) groups excluding carboxylic acids is 2. The number of halogens is 3. The molecule has 0 atom stereocenters. The highest BCUT2D eigenvalue weighted by Gasteiger charge is 2.25. The van der Waals surface area contributed by atoms with E-state index in [1.807, 2.05) is 32.2 Å². The lowest BCUT2D eigenvalue weighted by atomic mass is 10.1. The first-order valence-electron chi connectivity index (χ1n) is 10.5. The van der Waals surface area contributed by atoms with Gasteiger partial charge in [0.25, 0.3) is 5.91 Å². The van der Waals surface area contributed by atoms with E-state index in [-0.39, 0.29) is 35.2 Å². The van der Waals surface area contributed by atoms with Crippen LogP contribution in [0.4, 0.5) is 4.39 Å². The second kappa shape index (κ2) is 11.1. The molecule has 2 amide bonds. The number of hydrogen-bond donors (Lipinski definition) is 0. The van der Waals surface area contributed by atoms with Crippen LogP contribution in [0.5, 0.6) is 0 Å². The number of aryl methyl sites for hydroxylation is 1. The number of carbonyl (C=O) groups is 2. The van der Waals surface area contributed by atoms with Crippen LogP contribution < -0.4 is 0 Å². The smallest absolute Gasteiger partial charge is 0.254 e. The minimum Gasteiger partial charge on any atom is -0.332 e. The zero-order valence-electron chi connectivity index (χ0n) is 18.6. The van der Waals surface area contributed by atoms with E-state index in [1.54, 1.807) is 40.5 Å². The third-order valence-electron chi connectivity index (χ3n) is 5.30. The number of thiophene rings is 1. The summed E-state index contributed by atoms with van der Waals surface area (Å²) in [5.41, 5.74) is 2.28. The van der Waals surface area contributed by atoms with Crippen LogP contribution in [0.15, 0.2) is 53.9 Å². The van der Waals surface area contributed by atoms with Crippen molar-refractivity contribution >= 4 is 46.4 Å². The van der Waals surface area contributed by atoms with E-state index in [0.29, 0.717) is 23.7 Å². The van der Waals surface area contributed by atoms with Crippen LogP contribution in [0.2, 0.25) is 10.0 Å². The topological polar surface area (TPSA) is 40.6 Å². The maximum atomic E-state index is 13.4. The van der Waals surface area contributed by atoms with Gasteiger partial charge in [-0.05, 0) is 73.7 Å². The number of rotatable bonds is 8. The largest absolute Gasteiger partial charge is 0.332 e. The van der Waals surface area contributed by atoms with E-state index in [1.165, 1.54) is 23.1 Å². The zero-order valence-corrected chi connectivity index (χ0v) is 21.0. The van der Waals surface area contributed by atoms with Crippen molar-refractivity contribution in [3.05, 3.63) is 91.3 Å². The minimum absolute atomic E-state index is 0.0949. The van der Waals surface area contributed by atoms with Crippen molar-refractivity contribution < 1.29 is 14.0 Å². The summed E-state index contributed by atoms with van der Waals surface area (Å²) in [6.45, 7) is 6.34. The minimum atomic E-state index is -0.330. The van der Waals surface area contributed by atoms with Crippen molar-refractivity contribution in [2.45, 2.75) is 39.9 Å². The summed E-state index contributed by atoms with van der Waals surface area (Å²) in [7, 11) is 0. The Hall–Kier alpha value is -2.41. The molecule has 3 aromatic rings. The van der Waals surface area contributed by atoms with E-state index in [9.17, 15) is 14.0 Å². The number of benzene rings is 2. The summed E-state index contributed by atoms with van der Waals surface area (Å²) in [6.07, 6.45) is 0. The van der Waals surface area contributed by atoms with Crippen molar-refractivity contribution in [3.63, 3.8) is 0 Å². The van der Waals surface area contributed by atoms with Gasteiger partial charge < -0.3 is 9.80 Å². The van der Waals surface area contributed by atoms with Crippen LogP contribution in [-0.2, 0) is 17.9 Å². The Kier molecular flexibility index (Phi) is 8.51. The van der Waals surface area contributed by atoms with E-state index < -0.39 is 0 Å². The fraction of sp³-hybridized carbons (Fsp3) is 0.280. The Bertz CT molecular complexity index is 1130. The molecular formula is C25H25Cl2FN2O2S. The molecule has 2 aromatic carbocycles. The molecule has 3 rings (SSSR count). The second-order valence-corrected chi connectivity index (χ2v) is 9.87. The van der Waals surface area contributed by atoms with Crippen molar-refractivity contribution in [1.29, 1.82) is 0 Å². The molecule has 0 aliphatic carbocycles. The van der Waals surface area contributed by atoms with Crippen molar-refractivity contribution in [2.75, 3.05) is 6.54 Å². The van der Waals surface area contributed by atoms with Gasteiger partial charge in [-0.3, -0.25) is 9.59 Å². The highest BCUT2D eigenvalue weighted by molar-refractivity contribution is 7.10. The number of hydrogen-bond acceptors (Lipinski definition) is 3. The highest BCUT2D eigenvalue weighted by Crippen LogP contribution is 2.24. The predicted octanol–water partition coefficient (Wildman–Crippen LogP) is 6.58. The van der Waals surface area contributed by atoms with Gasteiger partial charge in [0.15, 0.2) is 0 Å². The third kappa shape index (κ3) is 6.56. The first-order chi connectivity index (χ1) is 15.7. The molecule has 0 fully saturated rings. The Balaban J connectivity index is 1.84. The summed E-state index contributed by atoms with van der Waals surface area (Å²) < 4.78 is 13.4. The molecule has 0 radical (unpaired) electrons. The molecule has 4 nitrogen and oxygen atoms in total. The monoisotopic (exact) mass is 506 g/mol. The molecule has 0 N–H and O–H groups in total. The lowest BCUT2D eigenvalue weighted by Crippen LogP contribution is -2.45. The molecule has 1 heterocycles. The second-order valence-electron chi connectivity index (χ2n) is 8.06. The first kappa shape index (κ1) is 25.2. The molecular weight excluding hydrogens is 482 g/mol. The lowest BCUT2D eigenvalue weighted by Gasteiger charge is -2.30. The summed E-state index contributed by atoms with van der Waals surface area (Å²) >= 11 is 13.6. The normalized spacial score (nSPS) is 11.0. The van der Waals surface area contributed by atoms with Gasteiger partial charge in [0.05, 0.1) is 16.6 Å². The number of amides is 2. The fourth-order valence-corrected chi connectivity index (χ4v) is 4.53. The van der Waals surface area contributed by atoms with E-state index in [0.717, 1.165) is 16.0 Å². The Morgan fingerprint density at radius 1 is 1.00 bits per heavy atom. The molecule has 0 saturated heterocycles. The van der Waals surface area contributed by atoms with Crippen LogP contribution in [0.3, 0.4) is 0 Å². The van der Waals surface area contributed by atoms with E-state index in [4.69, 9.17) is 23.2 Å². The standard InChI is InChI=1S/C25H25Cl2FN2O2S/c1-16(2)30(25(32)19-6-9-21(26)22(27)12-19)15-24(31)29(14-23-17(3)10-11-33-23)13-18-4-7-20(28)8-5-18/h4-12,16H,13-15H2,1-3H3. The van der Waals surface area contributed by atoms with Crippen LogP contribution in [0, 0.1) is 12.7 Å². The van der Waals surface area contributed by atoms with E-state index in [2.05, 4.69) is 0 Å². The highest BCUT2D eigenvalue weighted by atomic mass is 35.5. The zero-order chi connectivity index (χ0) is 24.1. The van der Waals surface area contributed by atoms with Gasteiger partial charge in [0.2, 0.25) is 5.91 Å². The lowest BCUT2D eigenvalue weighted by molar-refractivity contribution is -0.133. The van der Waals surface area contributed by atoms with Gasteiger partial charge >= 0.3 is 0 Å². The van der Waals surface area contributed by atoms with Gasteiger partial charge in [0, 0.05) is 23.0 Å². The maximum Gasteiger partial charge on any atom is 0.254 e. The number of nitrogens with zero attached hydrogens (tertiary/aromatic N) is 2. The first-order valence-corrected chi connectivity index (χ1v) is 12.1. The van der Waals surface area contributed by atoms with Crippen LogP contribution in [0.25, 0.3) is 0 Å². The summed E-state index contributed by atoms with van der Waals surface area (Å²) in [5, 5.41) is 2.63. The summed E-state index contributed by atoms with van der Waals surface area (Å²) in [5.74, 6) is -0.830. The molecule has 8 heteroatoms. The van der Waals surface area contributed by atoms with Crippen molar-refractivity contribution in [2.24, 2.45) is 0 Å². The van der Waals surface area contributed by atoms with Crippen molar-refractivity contribution in [3.8, 4) is 0 Å². The van der Waals surface area contributed by atoms with Gasteiger partial charge in [-0.25, -0.2) is 4.39 Å². The molecule has 33 heavy (non-hydrogen) atoms. The fourth-order valence-electron chi connectivity index (χ4n) is 3.31. The Morgan fingerprint density at radius 2 is 1.70 bits per heavy atom. The van der Waals surface area contributed by atoms with E-state index >= 15 is 0 Å². The average Bonchev–Trinajstić information content (AvgIpc) is 3.18. The van der Waals surface area contributed by atoms with Gasteiger partial charge in [-0.2, -0.15) is 0 Å². The molecule has 0 bridgehead atoms. The average molecular weight is 507 g/mol. The predicted molar refractivity (Wildman–Crippen MR) is 132 cm³/mol. The van der Waals surface area contributed by atoms with Crippen LogP contribution in [-0.4, -0.2) is 34.2 Å². The molecule has 0 unspecified atom stereocenters. The third-order valence-corrected chi connectivity index (χ3v) is 7.05. The Labute approximate surface area is 207 Å². The molecule has 0 spiro atoms. The Morgan fingerprint density at radius 3 is 2.27 bits per heavy atom. The van der Waals surface area contributed by atoms with Crippen LogP contribution in [0.1, 0.15) is 40.2 Å². The molecule has 1 aromatic heterocycles. The summed E-state index contributed by atoms with van der Waals surface area (Å²) in [4.78, 5) is 30.9. The SMILES string of the molecule is Cc1ccsc1CN(Cc1ccc(F)cc1)C(=O)CN(C(=O)c1ccc(Cl)c(Cl)c1)C(C)C. The van der Waals surface area contributed by atoms with Gasteiger partial charge in [-0.15, -0.1) is 11.3 Å².